The van der Waals surface area contributed by atoms with Crippen LogP contribution in [0.5, 0.6) is 0 Å². The monoisotopic (exact) mass is 329 g/mol. The smallest absolute Gasteiger partial charge is 0.261 e. The van der Waals surface area contributed by atoms with E-state index >= 15 is 0 Å². The number of rotatable bonds is 2. The van der Waals surface area contributed by atoms with Gasteiger partial charge in [-0.1, -0.05) is 22.0 Å². The van der Waals surface area contributed by atoms with E-state index in [9.17, 15) is 4.79 Å². The van der Waals surface area contributed by atoms with Gasteiger partial charge in [0, 0.05) is 10.7 Å². The van der Waals surface area contributed by atoms with Crippen molar-refractivity contribution in [2.24, 2.45) is 0 Å². The number of fused-ring (bicyclic) bond motifs is 1. The summed E-state index contributed by atoms with van der Waals surface area (Å²) < 4.78 is 2.50. The van der Waals surface area contributed by atoms with E-state index < -0.39 is 0 Å². The molecule has 0 aliphatic rings. The molecule has 0 atom stereocenters. The van der Waals surface area contributed by atoms with Gasteiger partial charge in [-0.3, -0.25) is 14.3 Å². The summed E-state index contributed by atoms with van der Waals surface area (Å²) in [6.45, 7) is 2.42. The zero-order valence-electron chi connectivity index (χ0n) is 10.9. The summed E-state index contributed by atoms with van der Waals surface area (Å²) in [5.41, 5.74) is 2.59. The molecule has 2 aromatic heterocycles. The molecule has 0 aliphatic heterocycles. The summed E-state index contributed by atoms with van der Waals surface area (Å²) in [5, 5.41) is 0.615. The molecule has 2 heterocycles. The first-order chi connectivity index (χ1) is 9.65. The van der Waals surface area contributed by atoms with Crippen molar-refractivity contribution < 1.29 is 0 Å². The molecule has 0 aliphatic carbocycles. The largest absolute Gasteiger partial charge is 0.293 e. The van der Waals surface area contributed by atoms with Gasteiger partial charge in [-0.2, -0.15) is 0 Å². The average Bonchev–Trinajstić information content (AvgIpc) is 2.44. The zero-order chi connectivity index (χ0) is 14.1. The fourth-order valence-electron chi connectivity index (χ4n) is 2.09. The first kappa shape index (κ1) is 13.0. The van der Waals surface area contributed by atoms with Crippen LogP contribution in [0.3, 0.4) is 0 Å². The normalized spacial score (nSPS) is 10.9. The van der Waals surface area contributed by atoms with Crippen LogP contribution >= 0.6 is 15.9 Å². The van der Waals surface area contributed by atoms with Crippen molar-refractivity contribution in [3.8, 4) is 0 Å². The second-order valence-electron chi connectivity index (χ2n) is 4.61. The van der Waals surface area contributed by atoms with Gasteiger partial charge in [-0.15, -0.1) is 0 Å². The molecule has 0 N–H and O–H groups in total. The maximum atomic E-state index is 12.4. The highest BCUT2D eigenvalue weighted by atomic mass is 79.9. The third-order valence-corrected chi connectivity index (χ3v) is 3.72. The van der Waals surface area contributed by atoms with Gasteiger partial charge in [-0.05, 0) is 36.8 Å². The van der Waals surface area contributed by atoms with Crippen molar-refractivity contribution in [3.63, 3.8) is 0 Å². The lowest BCUT2D eigenvalue weighted by molar-refractivity contribution is 0.725. The van der Waals surface area contributed by atoms with Crippen LogP contribution in [-0.4, -0.2) is 14.5 Å². The first-order valence-electron chi connectivity index (χ1n) is 6.20. The number of aromatic nitrogens is 3. The van der Waals surface area contributed by atoms with Gasteiger partial charge in [0.15, 0.2) is 0 Å². The number of pyridine rings is 1. The van der Waals surface area contributed by atoms with E-state index in [1.165, 1.54) is 0 Å². The molecule has 0 amide bonds. The van der Waals surface area contributed by atoms with Gasteiger partial charge in [0.05, 0.1) is 29.5 Å². The molecule has 1 aromatic carbocycles. The number of aryl methyl sites for hydroxylation is 1. The Hall–Kier alpha value is -2.01. The summed E-state index contributed by atoms with van der Waals surface area (Å²) in [6, 6.07) is 9.35. The van der Waals surface area contributed by atoms with E-state index in [-0.39, 0.29) is 5.56 Å². The van der Waals surface area contributed by atoms with Crippen molar-refractivity contribution in [3.05, 3.63) is 68.9 Å². The number of benzene rings is 1. The van der Waals surface area contributed by atoms with Gasteiger partial charge in [0.1, 0.15) is 0 Å². The van der Waals surface area contributed by atoms with Crippen molar-refractivity contribution in [1.29, 1.82) is 0 Å². The highest BCUT2D eigenvalue weighted by molar-refractivity contribution is 9.10. The minimum atomic E-state index is -0.0486. The van der Waals surface area contributed by atoms with Gasteiger partial charge in [0.25, 0.3) is 5.56 Å². The van der Waals surface area contributed by atoms with E-state index in [0.29, 0.717) is 17.4 Å². The minimum Gasteiger partial charge on any atom is -0.293 e. The Morgan fingerprint density at radius 1 is 1.25 bits per heavy atom. The second-order valence-corrected chi connectivity index (χ2v) is 5.52. The molecule has 0 saturated carbocycles. The Kier molecular flexibility index (Phi) is 3.36. The van der Waals surface area contributed by atoms with Gasteiger partial charge >= 0.3 is 0 Å². The van der Waals surface area contributed by atoms with Crippen LogP contribution in [-0.2, 0) is 6.54 Å². The lowest BCUT2D eigenvalue weighted by Crippen LogP contribution is -2.22. The van der Waals surface area contributed by atoms with Crippen LogP contribution in [0.15, 0.2) is 52.1 Å². The molecule has 0 fully saturated rings. The third kappa shape index (κ3) is 2.36. The second kappa shape index (κ2) is 5.17. The minimum absolute atomic E-state index is 0.0486. The Morgan fingerprint density at radius 3 is 2.90 bits per heavy atom. The molecule has 3 aromatic rings. The Morgan fingerprint density at radius 2 is 2.10 bits per heavy atom. The Balaban J connectivity index is 2.09. The molecule has 0 spiro atoms. The summed E-state index contributed by atoms with van der Waals surface area (Å²) in [7, 11) is 0. The number of hydrogen-bond acceptors (Lipinski definition) is 3. The fraction of sp³-hybridized carbons (Fsp3) is 0.133. The zero-order valence-corrected chi connectivity index (χ0v) is 12.5. The molecule has 0 saturated heterocycles. The number of halogens is 1. The van der Waals surface area contributed by atoms with Gasteiger partial charge in [-0.25, -0.2) is 4.98 Å². The quantitative estimate of drug-likeness (QED) is 0.726. The highest BCUT2D eigenvalue weighted by Crippen LogP contribution is 2.15. The van der Waals surface area contributed by atoms with Crippen molar-refractivity contribution in [1.82, 2.24) is 14.5 Å². The Bertz CT molecular complexity index is 842. The summed E-state index contributed by atoms with van der Waals surface area (Å²) in [6.07, 6.45) is 3.31. The molecule has 5 heteroatoms. The van der Waals surface area contributed by atoms with Crippen LogP contribution in [0, 0.1) is 6.92 Å². The highest BCUT2D eigenvalue weighted by Gasteiger charge is 2.06. The van der Waals surface area contributed by atoms with Crippen LogP contribution in [0.4, 0.5) is 0 Å². The molecule has 20 heavy (non-hydrogen) atoms. The molecular formula is C15H12BrN3O. The predicted octanol–water partition coefficient (Wildman–Crippen LogP) is 2.91. The Labute approximate surface area is 124 Å². The summed E-state index contributed by atoms with van der Waals surface area (Å²) >= 11 is 3.38. The van der Waals surface area contributed by atoms with Gasteiger partial charge in [0.2, 0.25) is 0 Å². The van der Waals surface area contributed by atoms with Gasteiger partial charge < -0.3 is 0 Å². The SMILES string of the molecule is Cc1cccnc1Cn1cnc2cc(Br)ccc2c1=O. The third-order valence-electron chi connectivity index (χ3n) is 3.23. The van der Waals surface area contributed by atoms with Crippen LogP contribution < -0.4 is 5.56 Å². The summed E-state index contributed by atoms with van der Waals surface area (Å²) in [5.74, 6) is 0. The van der Waals surface area contributed by atoms with E-state index in [4.69, 9.17) is 0 Å². The fourth-order valence-corrected chi connectivity index (χ4v) is 2.44. The van der Waals surface area contributed by atoms with Crippen LogP contribution in [0.25, 0.3) is 10.9 Å². The molecule has 3 rings (SSSR count). The van der Waals surface area contributed by atoms with E-state index in [1.807, 2.05) is 31.2 Å². The lowest BCUT2D eigenvalue weighted by Gasteiger charge is -2.08. The van der Waals surface area contributed by atoms with E-state index in [0.717, 1.165) is 15.7 Å². The van der Waals surface area contributed by atoms with Crippen molar-refractivity contribution in [2.75, 3.05) is 0 Å². The number of nitrogens with zero attached hydrogens (tertiary/aromatic N) is 3. The lowest BCUT2D eigenvalue weighted by atomic mass is 10.2. The average molecular weight is 330 g/mol. The number of hydrogen-bond donors (Lipinski definition) is 0. The summed E-state index contributed by atoms with van der Waals surface area (Å²) in [4.78, 5) is 21.1. The maximum Gasteiger partial charge on any atom is 0.261 e. The first-order valence-corrected chi connectivity index (χ1v) is 6.99. The molecule has 100 valence electrons. The van der Waals surface area contributed by atoms with E-state index in [1.54, 1.807) is 23.2 Å². The molecule has 0 radical (unpaired) electrons. The van der Waals surface area contributed by atoms with E-state index in [2.05, 4.69) is 25.9 Å². The molecule has 0 bridgehead atoms. The van der Waals surface area contributed by atoms with Crippen molar-refractivity contribution in [2.45, 2.75) is 13.5 Å². The van der Waals surface area contributed by atoms with Crippen molar-refractivity contribution >= 4 is 26.8 Å². The molecule has 4 nitrogen and oxygen atoms in total. The topological polar surface area (TPSA) is 47.8 Å². The molecular weight excluding hydrogens is 318 g/mol. The standard InChI is InChI=1S/C15H12BrN3O/c1-10-3-2-6-17-14(10)8-19-9-18-13-7-11(16)4-5-12(13)15(19)20/h2-7,9H,8H2,1H3. The maximum absolute atomic E-state index is 12.4. The predicted molar refractivity (Wildman–Crippen MR) is 81.8 cm³/mol. The van der Waals surface area contributed by atoms with Crippen LogP contribution in [0.2, 0.25) is 0 Å². The molecule has 0 unspecified atom stereocenters. The van der Waals surface area contributed by atoms with Crippen LogP contribution in [0.1, 0.15) is 11.3 Å².